The molecule has 0 saturated heterocycles. The summed E-state index contributed by atoms with van der Waals surface area (Å²) < 4.78 is 43.7. The summed E-state index contributed by atoms with van der Waals surface area (Å²) in [5.74, 6) is -0.278. The van der Waals surface area contributed by atoms with Crippen molar-refractivity contribution in [2.45, 2.75) is 19.4 Å². The highest BCUT2D eigenvalue weighted by atomic mass is 19.3. The first-order valence-corrected chi connectivity index (χ1v) is 10.1. The van der Waals surface area contributed by atoms with Crippen LogP contribution in [0.15, 0.2) is 72.9 Å². The van der Waals surface area contributed by atoms with E-state index in [0.29, 0.717) is 13.7 Å². The van der Waals surface area contributed by atoms with Gasteiger partial charge in [-0.15, -0.1) is 0 Å². The maximum atomic E-state index is 13.2. The number of hydrogen-bond donors (Lipinski definition) is 2. The molecule has 0 amide bonds. The molecule has 0 fully saturated rings. The van der Waals surface area contributed by atoms with Crippen LogP contribution in [-0.4, -0.2) is 35.5 Å². The Morgan fingerprint density at radius 3 is 2.30 bits per heavy atom. The summed E-state index contributed by atoms with van der Waals surface area (Å²) in [6.07, 6.45) is 1.76. The fourth-order valence-corrected chi connectivity index (χ4v) is 3.29. The van der Waals surface area contributed by atoms with Crippen molar-refractivity contribution in [2.24, 2.45) is 0 Å². The van der Waals surface area contributed by atoms with Gasteiger partial charge in [0.05, 0.1) is 24.6 Å². The molecule has 1 atom stereocenters. The van der Waals surface area contributed by atoms with Crippen LogP contribution in [0.1, 0.15) is 18.1 Å². The number of aliphatic hydroxyl groups is 1. The van der Waals surface area contributed by atoms with Crippen LogP contribution in [0.25, 0.3) is 16.6 Å². The van der Waals surface area contributed by atoms with E-state index in [1.165, 1.54) is 17.7 Å². The zero-order valence-electron chi connectivity index (χ0n) is 18.7. The molecular formula is C25H27F4N3O. The van der Waals surface area contributed by atoms with Gasteiger partial charge in [0.1, 0.15) is 11.4 Å². The van der Waals surface area contributed by atoms with Gasteiger partial charge in [-0.3, -0.25) is 4.39 Å². The number of anilines is 1. The zero-order valence-corrected chi connectivity index (χ0v) is 18.7. The van der Waals surface area contributed by atoms with Crippen LogP contribution < -0.4 is 5.32 Å². The Morgan fingerprint density at radius 2 is 1.67 bits per heavy atom. The van der Waals surface area contributed by atoms with E-state index in [1.807, 2.05) is 49.4 Å². The molecule has 1 heterocycles. The minimum absolute atomic E-state index is 0.278. The number of nitrogens with one attached hydrogen (secondary N) is 1. The first-order valence-electron chi connectivity index (χ1n) is 10.1. The summed E-state index contributed by atoms with van der Waals surface area (Å²) >= 11 is 0. The summed E-state index contributed by atoms with van der Waals surface area (Å²) in [5, 5.41) is 19.6. The van der Waals surface area contributed by atoms with E-state index in [0.717, 1.165) is 27.8 Å². The molecule has 33 heavy (non-hydrogen) atoms. The van der Waals surface area contributed by atoms with Crippen molar-refractivity contribution in [2.75, 3.05) is 26.0 Å². The van der Waals surface area contributed by atoms with Crippen molar-refractivity contribution >= 4 is 16.6 Å². The Bertz CT molecular complexity index is 1140. The van der Waals surface area contributed by atoms with Gasteiger partial charge in [-0.25, -0.2) is 17.9 Å². The highest BCUT2D eigenvalue weighted by Gasteiger charge is 2.23. The van der Waals surface area contributed by atoms with Gasteiger partial charge in [-0.05, 0) is 73.5 Å². The smallest absolute Gasteiger partial charge is 0.229 e. The van der Waals surface area contributed by atoms with Gasteiger partial charge >= 0.3 is 0 Å². The Kier molecular flexibility index (Phi) is 9.42. The molecule has 8 heteroatoms. The van der Waals surface area contributed by atoms with E-state index in [1.54, 1.807) is 29.9 Å². The zero-order chi connectivity index (χ0) is 24.4. The predicted molar refractivity (Wildman–Crippen MR) is 124 cm³/mol. The van der Waals surface area contributed by atoms with E-state index in [4.69, 9.17) is 0 Å². The molecule has 0 aliphatic rings. The third-order valence-electron chi connectivity index (χ3n) is 4.92. The quantitative estimate of drug-likeness (QED) is 0.345. The minimum Gasteiger partial charge on any atom is -0.384 e. The summed E-state index contributed by atoms with van der Waals surface area (Å²) in [4.78, 5) is 0. The molecule has 0 aliphatic heterocycles. The second-order valence-electron chi connectivity index (χ2n) is 7.40. The fourth-order valence-electron chi connectivity index (χ4n) is 3.29. The molecule has 0 saturated carbocycles. The first kappa shape index (κ1) is 25.9. The lowest BCUT2D eigenvalue weighted by atomic mass is 9.94. The first-order chi connectivity index (χ1) is 15.8. The molecule has 0 spiro atoms. The predicted octanol–water partition coefficient (Wildman–Crippen LogP) is 6.26. The van der Waals surface area contributed by atoms with Crippen LogP contribution in [0.4, 0.5) is 23.2 Å². The van der Waals surface area contributed by atoms with Gasteiger partial charge in [0.25, 0.3) is 0 Å². The van der Waals surface area contributed by atoms with Gasteiger partial charge in [0, 0.05) is 17.6 Å². The summed E-state index contributed by atoms with van der Waals surface area (Å²) in [5.41, 5.74) is 3.59. The van der Waals surface area contributed by atoms with Gasteiger partial charge in [-0.1, -0.05) is 18.2 Å². The number of aryl methyl sites for hydroxylation is 1. The van der Waals surface area contributed by atoms with Crippen LogP contribution in [0, 0.1) is 12.7 Å². The van der Waals surface area contributed by atoms with E-state index in [9.17, 15) is 22.7 Å². The molecule has 4 rings (SSSR count). The molecule has 0 radical (unpaired) electrons. The second kappa shape index (κ2) is 12.0. The van der Waals surface area contributed by atoms with Gasteiger partial charge in [0.15, 0.2) is 0 Å². The Labute approximate surface area is 190 Å². The average molecular weight is 462 g/mol. The SMILES string of the molecule is CF.Cc1cccc(NCC(C)(O)c2ccc3c(cnn3-c3ccc(F)cc3)c2)c1.FCF. The largest absolute Gasteiger partial charge is 0.384 e. The molecule has 1 aromatic heterocycles. The fraction of sp³-hybridized carbons (Fsp3) is 0.240. The van der Waals surface area contributed by atoms with Gasteiger partial charge in [0.2, 0.25) is 6.93 Å². The lowest BCUT2D eigenvalue weighted by Gasteiger charge is -2.25. The van der Waals surface area contributed by atoms with Crippen molar-refractivity contribution in [3.63, 3.8) is 0 Å². The van der Waals surface area contributed by atoms with Crippen LogP contribution in [0.2, 0.25) is 0 Å². The maximum absolute atomic E-state index is 13.2. The molecule has 4 nitrogen and oxygen atoms in total. The number of aromatic nitrogens is 2. The normalized spacial score (nSPS) is 12.1. The Morgan fingerprint density at radius 1 is 1.00 bits per heavy atom. The van der Waals surface area contributed by atoms with Crippen molar-refractivity contribution in [3.05, 3.63) is 89.9 Å². The lowest BCUT2D eigenvalue weighted by molar-refractivity contribution is 0.0717. The third kappa shape index (κ3) is 6.79. The molecule has 0 aliphatic carbocycles. The number of nitrogens with zero attached hydrogens (tertiary/aromatic N) is 2. The lowest BCUT2D eigenvalue weighted by Crippen LogP contribution is -2.30. The second-order valence-corrected chi connectivity index (χ2v) is 7.40. The van der Waals surface area contributed by atoms with Gasteiger partial charge < -0.3 is 10.4 Å². The van der Waals surface area contributed by atoms with Crippen LogP contribution in [0.3, 0.4) is 0 Å². The van der Waals surface area contributed by atoms with E-state index < -0.39 is 12.5 Å². The average Bonchev–Trinajstić information content (AvgIpc) is 3.24. The Balaban J connectivity index is 0.000000714. The molecule has 3 aromatic carbocycles. The number of rotatable bonds is 5. The summed E-state index contributed by atoms with van der Waals surface area (Å²) in [6.45, 7) is 2.46. The van der Waals surface area contributed by atoms with Crippen LogP contribution in [-0.2, 0) is 5.60 Å². The molecule has 1 unspecified atom stereocenters. The monoisotopic (exact) mass is 461 g/mol. The highest BCUT2D eigenvalue weighted by molar-refractivity contribution is 5.81. The third-order valence-corrected chi connectivity index (χ3v) is 4.92. The molecule has 4 aromatic rings. The number of fused-ring (bicyclic) bond motifs is 1. The van der Waals surface area contributed by atoms with E-state index in [-0.39, 0.29) is 5.82 Å². The standard InChI is InChI=1S/C23H22FN3O.CH2F2.CH3F/c1-16-4-3-5-20(12-16)25-15-23(2,28)18-6-11-22-17(13-18)14-26-27(22)21-9-7-19(24)8-10-21;2-1-3;1-2/h3-14,25,28H,15H2,1-2H3;1H2;1H3. The summed E-state index contributed by atoms with van der Waals surface area (Å²) in [6, 6.07) is 20.1. The summed E-state index contributed by atoms with van der Waals surface area (Å²) in [7, 11) is 0.500. The van der Waals surface area contributed by atoms with E-state index in [2.05, 4.69) is 10.4 Å². The topological polar surface area (TPSA) is 50.1 Å². The van der Waals surface area contributed by atoms with Crippen molar-refractivity contribution in [3.8, 4) is 5.69 Å². The van der Waals surface area contributed by atoms with Crippen molar-refractivity contribution in [1.82, 2.24) is 9.78 Å². The molecule has 2 N–H and O–H groups in total. The molecule has 176 valence electrons. The minimum atomic E-state index is -1.75. The number of hydrogen-bond acceptors (Lipinski definition) is 3. The van der Waals surface area contributed by atoms with Crippen LogP contribution >= 0.6 is 0 Å². The highest BCUT2D eigenvalue weighted by Crippen LogP contribution is 2.27. The van der Waals surface area contributed by atoms with Crippen molar-refractivity contribution in [1.29, 1.82) is 0 Å². The van der Waals surface area contributed by atoms with E-state index >= 15 is 0 Å². The Hall–Kier alpha value is -3.39. The number of halogens is 4. The maximum Gasteiger partial charge on any atom is 0.229 e. The molecule has 0 bridgehead atoms. The number of alkyl halides is 3. The van der Waals surface area contributed by atoms with Crippen molar-refractivity contribution < 1.29 is 22.7 Å². The van der Waals surface area contributed by atoms with Crippen LogP contribution in [0.5, 0.6) is 0 Å². The number of benzene rings is 3. The van der Waals surface area contributed by atoms with Gasteiger partial charge in [-0.2, -0.15) is 5.10 Å². The molecular weight excluding hydrogens is 434 g/mol.